The summed E-state index contributed by atoms with van der Waals surface area (Å²) in [6.45, 7) is 0.151. The van der Waals surface area contributed by atoms with Crippen molar-refractivity contribution in [3.05, 3.63) is 35.6 Å². The molecule has 0 spiro atoms. The van der Waals surface area contributed by atoms with Crippen LogP contribution >= 0.6 is 0 Å². The lowest BCUT2D eigenvalue weighted by molar-refractivity contribution is -0.130. The van der Waals surface area contributed by atoms with E-state index in [-0.39, 0.29) is 35.8 Å². The van der Waals surface area contributed by atoms with Gasteiger partial charge in [-0.2, -0.15) is 0 Å². The Bertz CT molecular complexity index is 662. The maximum absolute atomic E-state index is 13.4. The molecule has 2 heterocycles. The molecule has 2 saturated heterocycles. The minimum atomic E-state index is -3.10. The van der Waals surface area contributed by atoms with Crippen molar-refractivity contribution in [1.29, 1.82) is 0 Å². The molecular weight excluding hydrogens is 295 g/mol. The van der Waals surface area contributed by atoms with Gasteiger partial charge in [0.2, 0.25) is 5.91 Å². The molecule has 21 heavy (non-hydrogen) atoms. The number of hydrogen-bond acceptors (Lipinski definition) is 4. The first-order valence-corrected chi connectivity index (χ1v) is 8.79. The molecule has 1 N–H and O–H groups in total. The lowest BCUT2D eigenvalue weighted by Crippen LogP contribution is -2.46. The maximum Gasteiger partial charge on any atom is 0.238 e. The van der Waals surface area contributed by atoms with E-state index in [1.54, 1.807) is 17.0 Å². The second-order valence-electron chi connectivity index (χ2n) is 5.55. The number of rotatable bonds is 2. The molecular formula is C14H17FN2O3S. The third-order valence-corrected chi connectivity index (χ3v) is 5.81. The summed E-state index contributed by atoms with van der Waals surface area (Å²) in [5.41, 5.74) is 0.642. The van der Waals surface area contributed by atoms with Crippen molar-refractivity contribution in [1.82, 2.24) is 10.2 Å². The lowest BCUT2D eigenvalue weighted by Gasteiger charge is -2.35. The van der Waals surface area contributed by atoms with Gasteiger partial charge in [-0.15, -0.1) is 0 Å². The van der Waals surface area contributed by atoms with Crippen molar-refractivity contribution < 1.29 is 17.6 Å². The van der Waals surface area contributed by atoms with E-state index in [9.17, 15) is 17.6 Å². The Morgan fingerprint density at radius 2 is 2.14 bits per heavy atom. The van der Waals surface area contributed by atoms with Gasteiger partial charge in [-0.05, 0) is 30.5 Å². The third-order valence-electron chi connectivity index (χ3n) is 4.01. The van der Waals surface area contributed by atoms with Gasteiger partial charge in [0.25, 0.3) is 0 Å². The molecule has 0 aliphatic carbocycles. The first-order chi connectivity index (χ1) is 9.96. The molecule has 1 aromatic carbocycles. The molecule has 114 valence electrons. The molecule has 1 aromatic rings. The van der Waals surface area contributed by atoms with Crippen LogP contribution in [0.4, 0.5) is 4.39 Å². The minimum Gasteiger partial charge on any atom is -0.318 e. The monoisotopic (exact) mass is 312 g/mol. The normalized spacial score (nSPS) is 28.8. The molecule has 2 fully saturated rings. The van der Waals surface area contributed by atoms with Gasteiger partial charge in [0, 0.05) is 6.04 Å². The highest BCUT2D eigenvalue weighted by atomic mass is 32.2. The maximum atomic E-state index is 13.4. The number of benzene rings is 1. The Kier molecular flexibility index (Phi) is 3.71. The number of sulfone groups is 1. The van der Waals surface area contributed by atoms with Crippen LogP contribution in [0.15, 0.2) is 24.3 Å². The number of nitrogens with one attached hydrogen (secondary N) is 1. The summed E-state index contributed by atoms with van der Waals surface area (Å²) in [4.78, 5) is 13.7. The van der Waals surface area contributed by atoms with Crippen LogP contribution in [0.5, 0.6) is 0 Å². The predicted octanol–water partition coefficient (Wildman–Crippen LogP) is 0.833. The summed E-state index contributed by atoms with van der Waals surface area (Å²) in [6, 6.07) is 5.71. The number of carbonyl (C=O) groups is 1. The first-order valence-electron chi connectivity index (χ1n) is 6.97. The third kappa shape index (κ3) is 2.94. The number of hydrogen-bond donors (Lipinski definition) is 1. The molecule has 2 atom stereocenters. The van der Waals surface area contributed by atoms with Crippen LogP contribution < -0.4 is 5.32 Å². The molecule has 0 bridgehead atoms. The van der Waals surface area contributed by atoms with Gasteiger partial charge < -0.3 is 4.90 Å². The highest BCUT2D eigenvalue weighted by Gasteiger charge is 2.40. The summed E-state index contributed by atoms with van der Waals surface area (Å²) in [6.07, 6.45) is 0.775. The Morgan fingerprint density at radius 3 is 2.86 bits per heavy atom. The van der Waals surface area contributed by atoms with E-state index in [2.05, 4.69) is 5.32 Å². The summed E-state index contributed by atoms with van der Waals surface area (Å²) in [7, 11) is -3.10. The molecule has 7 heteroatoms. The van der Waals surface area contributed by atoms with Crippen molar-refractivity contribution >= 4 is 15.7 Å². The quantitative estimate of drug-likeness (QED) is 0.878. The predicted molar refractivity (Wildman–Crippen MR) is 75.7 cm³/mol. The van der Waals surface area contributed by atoms with Gasteiger partial charge in [0.1, 0.15) is 12.0 Å². The fraction of sp³-hybridized carbons (Fsp3) is 0.500. The molecule has 2 aliphatic heterocycles. The first kappa shape index (κ1) is 14.5. The second-order valence-corrected chi connectivity index (χ2v) is 7.78. The van der Waals surface area contributed by atoms with Gasteiger partial charge in [-0.3, -0.25) is 10.1 Å². The van der Waals surface area contributed by atoms with Gasteiger partial charge in [0.15, 0.2) is 9.84 Å². The number of nitrogens with zero attached hydrogens (tertiary/aromatic N) is 1. The molecule has 0 radical (unpaired) electrons. The van der Waals surface area contributed by atoms with Crippen LogP contribution in [0.25, 0.3) is 0 Å². The van der Waals surface area contributed by atoms with Gasteiger partial charge in [-0.1, -0.05) is 12.1 Å². The molecule has 1 amide bonds. The average molecular weight is 312 g/mol. The van der Waals surface area contributed by atoms with Gasteiger partial charge >= 0.3 is 0 Å². The molecule has 0 saturated carbocycles. The molecule has 2 unspecified atom stereocenters. The fourth-order valence-corrected chi connectivity index (χ4v) is 4.79. The summed E-state index contributed by atoms with van der Waals surface area (Å²) >= 11 is 0. The highest BCUT2D eigenvalue weighted by Crippen LogP contribution is 2.29. The zero-order valence-corrected chi connectivity index (χ0v) is 12.3. The van der Waals surface area contributed by atoms with Gasteiger partial charge in [0.05, 0.1) is 18.1 Å². The van der Waals surface area contributed by atoms with Crippen LogP contribution in [0.1, 0.15) is 24.6 Å². The van der Waals surface area contributed by atoms with Crippen LogP contribution in [0, 0.1) is 5.82 Å². The van der Waals surface area contributed by atoms with Crippen molar-refractivity contribution in [2.75, 3.05) is 18.1 Å². The zero-order valence-electron chi connectivity index (χ0n) is 11.5. The topological polar surface area (TPSA) is 66.5 Å². The SMILES string of the molecule is O=C1CNC(c2cccc(F)c2)N1C1CCCS(=O)(=O)C1. The van der Waals surface area contributed by atoms with Crippen LogP contribution in [0.2, 0.25) is 0 Å². The number of amides is 1. The van der Waals surface area contributed by atoms with Crippen molar-refractivity contribution in [3.63, 3.8) is 0 Å². The van der Waals surface area contributed by atoms with Crippen LogP contribution in [0.3, 0.4) is 0 Å². The van der Waals surface area contributed by atoms with Crippen molar-refractivity contribution in [2.45, 2.75) is 25.0 Å². The van der Waals surface area contributed by atoms with Crippen LogP contribution in [-0.4, -0.2) is 43.3 Å². The van der Waals surface area contributed by atoms with E-state index in [0.717, 1.165) is 0 Å². The van der Waals surface area contributed by atoms with E-state index in [1.807, 2.05) is 0 Å². The summed E-state index contributed by atoms with van der Waals surface area (Å²) < 4.78 is 37.0. The van der Waals surface area contributed by atoms with Crippen molar-refractivity contribution in [3.8, 4) is 0 Å². The zero-order chi connectivity index (χ0) is 15.0. The molecule has 2 aliphatic rings. The van der Waals surface area contributed by atoms with Crippen LogP contribution in [-0.2, 0) is 14.6 Å². The Hall–Kier alpha value is -1.47. The lowest BCUT2D eigenvalue weighted by atomic mass is 10.1. The van der Waals surface area contributed by atoms with Crippen molar-refractivity contribution in [2.24, 2.45) is 0 Å². The average Bonchev–Trinajstić information content (AvgIpc) is 2.79. The Balaban J connectivity index is 1.89. The molecule has 3 rings (SSSR count). The largest absolute Gasteiger partial charge is 0.318 e. The van der Waals surface area contributed by atoms with E-state index >= 15 is 0 Å². The summed E-state index contributed by atoms with van der Waals surface area (Å²) in [5.74, 6) is -0.327. The number of halogens is 1. The summed E-state index contributed by atoms with van der Waals surface area (Å²) in [5, 5.41) is 3.04. The van der Waals surface area contributed by atoms with E-state index in [1.165, 1.54) is 12.1 Å². The standard InChI is InChI=1S/C14H17FN2O3S/c15-11-4-1-3-10(7-11)14-16-8-13(18)17(14)12-5-2-6-21(19,20)9-12/h1,3-4,7,12,14,16H,2,5-6,8-9H2. The molecule has 0 aromatic heterocycles. The fourth-order valence-electron chi connectivity index (χ4n) is 3.11. The van der Waals surface area contributed by atoms with E-state index in [0.29, 0.717) is 18.4 Å². The van der Waals surface area contributed by atoms with Gasteiger partial charge in [-0.25, -0.2) is 12.8 Å². The molecule has 5 nitrogen and oxygen atoms in total. The smallest absolute Gasteiger partial charge is 0.238 e. The highest BCUT2D eigenvalue weighted by molar-refractivity contribution is 7.91. The Morgan fingerprint density at radius 1 is 1.33 bits per heavy atom. The number of carbonyl (C=O) groups excluding carboxylic acids is 1. The van der Waals surface area contributed by atoms with E-state index in [4.69, 9.17) is 0 Å². The minimum absolute atomic E-state index is 0.00770. The van der Waals surface area contributed by atoms with E-state index < -0.39 is 16.0 Å². The Labute approximate surface area is 123 Å². The second kappa shape index (κ2) is 5.38.